The van der Waals surface area contributed by atoms with Crippen LogP contribution in [0.5, 0.6) is 0 Å². The lowest BCUT2D eigenvalue weighted by molar-refractivity contribution is 0.343. The van der Waals surface area contributed by atoms with Crippen LogP contribution in [0.25, 0.3) is 0 Å². The van der Waals surface area contributed by atoms with Crippen LogP contribution < -0.4 is 11.5 Å². The minimum atomic E-state index is -0.0179. The molecule has 0 aromatic rings. The molecule has 0 aromatic heterocycles. The number of hydrogen-bond acceptors (Lipinski definition) is 3. The minimum Gasteiger partial charge on any atom is -0.462 e. The summed E-state index contributed by atoms with van der Waals surface area (Å²) >= 11 is 0. The first-order valence-electron chi connectivity index (χ1n) is 2.56. The zero-order valence-corrected chi connectivity index (χ0v) is 4.87. The van der Waals surface area contributed by atoms with E-state index in [1.54, 1.807) is 0 Å². The molecule has 1 heterocycles. The Morgan fingerprint density at radius 3 is 2.89 bits per heavy atom. The van der Waals surface area contributed by atoms with Gasteiger partial charge >= 0.3 is 6.02 Å². The van der Waals surface area contributed by atoms with Crippen molar-refractivity contribution in [3.8, 4) is 0 Å². The quantitative estimate of drug-likeness (QED) is 0.312. The van der Waals surface area contributed by atoms with Gasteiger partial charge in [-0.2, -0.15) is 4.99 Å². The van der Waals surface area contributed by atoms with Crippen LogP contribution in [0.4, 0.5) is 0 Å². The first-order valence-corrected chi connectivity index (χ1v) is 2.56. The van der Waals surface area contributed by atoms with E-state index in [9.17, 15) is 0 Å². The topological polar surface area (TPSA) is 86.0 Å². The molecule has 1 aliphatic rings. The predicted octanol–water partition coefficient (Wildman–Crippen LogP) is -1.35. The summed E-state index contributed by atoms with van der Waals surface area (Å²) < 4.78 is 4.87. The van der Waals surface area contributed by atoms with Gasteiger partial charge in [0.05, 0.1) is 6.54 Å². The van der Waals surface area contributed by atoms with Gasteiger partial charge in [0.1, 0.15) is 6.61 Å². The van der Waals surface area contributed by atoms with Gasteiger partial charge < -0.3 is 16.2 Å². The fourth-order valence-corrected chi connectivity index (χ4v) is 0.502. The van der Waals surface area contributed by atoms with Gasteiger partial charge in [-0.25, -0.2) is 4.99 Å². The largest absolute Gasteiger partial charge is 0.462 e. The van der Waals surface area contributed by atoms with Crippen LogP contribution in [0.2, 0.25) is 0 Å². The molecule has 0 saturated carbocycles. The first-order chi connectivity index (χ1) is 4.29. The highest BCUT2D eigenvalue weighted by Gasteiger charge is 2.03. The van der Waals surface area contributed by atoms with E-state index in [4.69, 9.17) is 16.2 Å². The second-order valence-corrected chi connectivity index (χ2v) is 1.55. The molecule has 5 nitrogen and oxygen atoms in total. The molecular formula is C4H8N4O. The van der Waals surface area contributed by atoms with Gasteiger partial charge in [0.2, 0.25) is 0 Å². The monoisotopic (exact) mass is 128 g/mol. The number of hydrogen-bond donors (Lipinski definition) is 2. The predicted molar refractivity (Wildman–Crippen MR) is 34.1 cm³/mol. The second kappa shape index (κ2) is 2.34. The Morgan fingerprint density at radius 1 is 1.67 bits per heavy atom. The van der Waals surface area contributed by atoms with Crippen molar-refractivity contribution in [3.63, 3.8) is 0 Å². The molecule has 9 heavy (non-hydrogen) atoms. The maximum atomic E-state index is 5.04. The number of guanidine groups is 1. The summed E-state index contributed by atoms with van der Waals surface area (Å²) in [4.78, 5) is 7.40. The number of rotatable bonds is 0. The number of ether oxygens (including phenoxy) is 1. The molecule has 5 heteroatoms. The van der Waals surface area contributed by atoms with E-state index in [1.807, 2.05) is 0 Å². The highest BCUT2D eigenvalue weighted by molar-refractivity contribution is 5.90. The fourth-order valence-electron chi connectivity index (χ4n) is 0.502. The molecule has 0 amide bonds. The zero-order chi connectivity index (χ0) is 6.69. The number of nitrogens with zero attached hydrogens (tertiary/aromatic N) is 2. The number of amidine groups is 1. The Bertz CT molecular complexity index is 158. The highest BCUT2D eigenvalue weighted by atomic mass is 16.5. The highest BCUT2D eigenvalue weighted by Crippen LogP contribution is 1.93. The molecule has 0 unspecified atom stereocenters. The molecule has 0 saturated heterocycles. The van der Waals surface area contributed by atoms with Crippen molar-refractivity contribution in [2.45, 2.75) is 0 Å². The fraction of sp³-hybridized carbons (Fsp3) is 0.500. The van der Waals surface area contributed by atoms with E-state index < -0.39 is 0 Å². The summed E-state index contributed by atoms with van der Waals surface area (Å²) in [5, 5.41) is 0. The van der Waals surface area contributed by atoms with Crippen molar-refractivity contribution in [2.75, 3.05) is 13.2 Å². The van der Waals surface area contributed by atoms with Crippen LogP contribution in [0.15, 0.2) is 9.98 Å². The Morgan fingerprint density at radius 2 is 2.44 bits per heavy atom. The lowest BCUT2D eigenvalue weighted by atomic mass is 10.8. The van der Waals surface area contributed by atoms with Crippen LogP contribution in [-0.4, -0.2) is 25.1 Å². The van der Waals surface area contributed by atoms with Crippen molar-refractivity contribution < 1.29 is 4.74 Å². The third-order valence-electron chi connectivity index (χ3n) is 0.794. The summed E-state index contributed by atoms with van der Waals surface area (Å²) in [6, 6.07) is 0.287. The third kappa shape index (κ3) is 1.60. The maximum Gasteiger partial charge on any atom is 0.315 e. The smallest absolute Gasteiger partial charge is 0.315 e. The summed E-state index contributed by atoms with van der Waals surface area (Å²) in [6.07, 6.45) is 0. The average Bonchev–Trinajstić information content (AvgIpc) is 2.15. The van der Waals surface area contributed by atoms with E-state index in [-0.39, 0.29) is 12.0 Å². The molecule has 50 valence electrons. The van der Waals surface area contributed by atoms with Gasteiger partial charge in [0, 0.05) is 0 Å². The van der Waals surface area contributed by atoms with E-state index in [2.05, 4.69) is 9.98 Å². The molecule has 0 aliphatic carbocycles. The molecule has 0 bridgehead atoms. The van der Waals surface area contributed by atoms with Crippen LogP contribution in [0.1, 0.15) is 0 Å². The maximum absolute atomic E-state index is 5.04. The van der Waals surface area contributed by atoms with E-state index in [1.165, 1.54) is 0 Å². The number of nitrogens with two attached hydrogens (primary N) is 2. The molecule has 1 rings (SSSR count). The van der Waals surface area contributed by atoms with Gasteiger partial charge in [-0.1, -0.05) is 0 Å². The van der Waals surface area contributed by atoms with Gasteiger partial charge in [-0.15, -0.1) is 0 Å². The molecule has 0 aromatic carbocycles. The molecule has 4 N–H and O–H groups in total. The Labute approximate surface area is 52.4 Å². The molecule has 1 aliphatic heterocycles. The summed E-state index contributed by atoms with van der Waals surface area (Å²) in [5.74, 6) is -0.0179. The van der Waals surface area contributed by atoms with Crippen LogP contribution in [0.3, 0.4) is 0 Å². The van der Waals surface area contributed by atoms with Gasteiger partial charge in [-0.3, -0.25) is 0 Å². The van der Waals surface area contributed by atoms with Gasteiger partial charge in [-0.05, 0) is 0 Å². The standard InChI is InChI=1S/C4H8N4O/c5-3(6)8-4-7-1-2-9-4/h1-2H2,(H4,5,6,7,8). The van der Waals surface area contributed by atoms with Crippen molar-refractivity contribution in [3.05, 3.63) is 0 Å². The molecule has 0 radical (unpaired) electrons. The van der Waals surface area contributed by atoms with Crippen LogP contribution >= 0.6 is 0 Å². The van der Waals surface area contributed by atoms with E-state index >= 15 is 0 Å². The number of aliphatic imine (C=N–C) groups is 2. The zero-order valence-electron chi connectivity index (χ0n) is 4.87. The average molecular weight is 128 g/mol. The first kappa shape index (κ1) is 5.87. The lowest BCUT2D eigenvalue weighted by Gasteiger charge is -1.91. The van der Waals surface area contributed by atoms with E-state index in [0.29, 0.717) is 13.2 Å². The van der Waals surface area contributed by atoms with Gasteiger partial charge in [0.25, 0.3) is 0 Å². The summed E-state index contributed by atoms with van der Waals surface area (Å²) in [7, 11) is 0. The second-order valence-electron chi connectivity index (χ2n) is 1.55. The molecule has 0 fully saturated rings. The summed E-state index contributed by atoms with van der Waals surface area (Å²) in [5.41, 5.74) is 10.1. The molecule has 0 spiro atoms. The van der Waals surface area contributed by atoms with Gasteiger partial charge in [0.15, 0.2) is 5.96 Å². The Hall–Kier alpha value is -1.26. The van der Waals surface area contributed by atoms with E-state index in [0.717, 1.165) is 0 Å². The molecule has 0 atom stereocenters. The Balaban J connectivity index is 2.53. The van der Waals surface area contributed by atoms with Crippen molar-refractivity contribution in [1.82, 2.24) is 0 Å². The van der Waals surface area contributed by atoms with Crippen molar-refractivity contribution in [1.29, 1.82) is 0 Å². The summed E-state index contributed by atoms with van der Waals surface area (Å²) in [6.45, 7) is 1.22. The van der Waals surface area contributed by atoms with Crippen LogP contribution in [0, 0.1) is 0 Å². The van der Waals surface area contributed by atoms with Crippen LogP contribution in [-0.2, 0) is 4.74 Å². The normalized spacial score (nSPS) is 16.2. The Kier molecular flexibility index (Phi) is 1.53. The van der Waals surface area contributed by atoms with Crippen molar-refractivity contribution >= 4 is 12.0 Å². The minimum absolute atomic E-state index is 0.0179. The third-order valence-corrected chi connectivity index (χ3v) is 0.794. The molecular weight excluding hydrogens is 120 g/mol. The van der Waals surface area contributed by atoms with Crippen molar-refractivity contribution in [2.24, 2.45) is 21.5 Å². The SMILES string of the molecule is NC(N)=NC1=NCCO1. The lowest BCUT2D eigenvalue weighted by Crippen LogP contribution is -2.24.